The number of allylic oxidation sites excluding steroid dienone is 1. The van der Waals surface area contributed by atoms with Crippen molar-refractivity contribution < 1.29 is 67.6 Å². The molecule has 48 heavy (non-hydrogen) atoms. The number of epoxide rings is 1. The van der Waals surface area contributed by atoms with Gasteiger partial charge in [-0.25, -0.2) is 9.59 Å². The fourth-order valence-electron chi connectivity index (χ4n) is 12.0. The van der Waals surface area contributed by atoms with Crippen molar-refractivity contribution in [3.05, 3.63) is 24.0 Å². The van der Waals surface area contributed by atoms with Crippen molar-refractivity contribution in [2.24, 2.45) is 34.0 Å². The van der Waals surface area contributed by atoms with Gasteiger partial charge in [0.2, 0.25) is 6.29 Å². The van der Waals surface area contributed by atoms with Gasteiger partial charge in [0.25, 0.3) is 5.79 Å². The maximum Gasteiger partial charge on any atom is 0.366 e. The second kappa shape index (κ2) is 9.59. The van der Waals surface area contributed by atoms with Crippen LogP contribution in [0.25, 0.3) is 0 Å². The molecule has 5 aliphatic heterocycles. The van der Waals surface area contributed by atoms with Crippen LogP contribution >= 0.6 is 0 Å². The highest BCUT2D eigenvalue weighted by atomic mass is 16.7. The summed E-state index contributed by atoms with van der Waals surface area (Å²) < 4.78 is 48.9. The second-order valence-corrected chi connectivity index (χ2v) is 15.7. The highest BCUT2D eigenvalue weighted by Gasteiger charge is 2.96. The van der Waals surface area contributed by atoms with Gasteiger partial charge in [-0.15, -0.1) is 0 Å². The predicted molar refractivity (Wildman–Crippen MR) is 158 cm³/mol. The minimum absolute atomic E-state index is 0.00280. The molecule has 8 rings (SSSR count). The van der Waals surface area contributed by atoms with E-state index >= 15 is 0 Å². The lowest BCUT2D eigenvalue weighted by atomic mass is 9.37. The summed E-state index contributed by atoms with van der Waals surface area (Å²) >= 11 is 0. The van der Waals surface area contributed by atoms with Crippen LogP contribution in [0, 0.1) is 34.0 Å². The molecular formula is C34H44O14. The van der Waals surface area contributed by atoms with Gasteiger partial charge in [0, 0.05) is 52.9 Å². The first-order chi connectivity index (χ1) is 22.5. The number of ether oxygens (including phenoxy) is 8. The van der Waals surface area contributed by atoms with Gasteiger partial charge in [-0.05, 0) is 33.3 Å². The summed E-state index contributed by atoms with van der Waals surface area (Å²) in [6.07, 6.45) is -1.21. The number of methoxy groups -OCH3 is 1. The molecule has 264 valence electrons. The van der Waals surface area contributed by atoms with Crippen LogP contribution in [0.4, 0.5) is 0 Å². The summed E-state index contributed by atoms with van der Waals surface area (Å²) in [5.74, 6) is -7.58. The van der Waals surface area contributed by atoms with E-state index in [1.165, 1.54) is 13.2 Å². The first kappa shape index (κ1) is 32.6. The maximum absolute atomic E-state index is 13.8. The van der Waals surface area contributed by atoms with Crippen LogP contribution in [-0.2, 0) is 52.3 Å². The molecule has 7 fully saturated rings. The molecule has 0 radical (unpaired) electrons. The molecule has 3 aliphatic carbocycles. The highest BCUT2D eigenvalue weighted by molar-refractivity contribution is 5.88. The molecule has 3 N–H and O–H groups in total. The van der Waals surface area contributed by atoms with Gasteiger partial charge in [0.1, 0.15) is 23.4 Å². The van der Waals surface area contributed by atoms with Gasteiger partial charge < -0.3 is 53.2 Å². The van der Waals surface area contributed by atoms with E-state index in [4.69, 9.17) is 37.9 Å². The number of hydrogen-bond donors (Lipinski definition) is 3. The van der Waals surface area contributed by atoms with Crippen LogP contribution < -0.4 is 0 Å². The molecule has 0 aromatic rings. The van der Waals surface area contributed by atoms with Crippen molar-refractivity contribution in [1.82, 2.24) is 0 Å². The molecule has 16 atom stereocenters. The molecule has 3 saturated carbocycles. The molecule has 2 bridgehead atoms. The molecule has 0 aromatic heterocycles. The number of aliphatic hydroxyl groups excluding tert-OH is 1. The predicted octanol–water partition coefficient (Wildman–Crippen LogP) is 0.644. The quantitative estimate of drug-likeness (QED) is 0.159. The first-order valence-corrected chi connectivity index (χ1v) is 16.6. The lowest BCUT2D eigenvalue weighted by Gasteiger charge is -2.66. The van der Waals surface area contributed by atoms with Crippen LogP contribution in [0.3, 0.4) is 0 Å². The number of hydrogen-bond acceptors (Lipinski definition) is 14. The van der Waals surface area contributed by atoms with E-state index in [-0.39, 0.29) is 19.6 Å². The molecule has 0 amide bonds. The first-order valence-electron chi connectivity index (χ1n) is 16.6. The van der Waals surface area contributed by atoms with E-state index in [1.807, 2.05) is 13.8 Å². The van der Waals surface area contributed by atoms with E-state index in [2.05, 4.69) is 0 Å². The standard InChI is InChI=1S/C34H44O14/c1-8-15(2)24(37)46-19-12-18(45-16(3)35)28(4)13-43-21-22(28)31(19)14-44-33(40,26(38)41-7)25(31)29(5,23(21)36)34-20-11-17(30(34,6)48-34)32(39)9-10-42-27(32)47-20/h8-10,17-23,25,27,36,39-40H,11-14H2,1-7H3/b15-8+/t17-,18-,19+,20+,21+,22+,23-,25+,27+,28-,29-,30+,31+,32+,33+,34+/m1/s1. The fraction of sp³-hybridized carbons (Fsp3) is 0.794. The summed E-state index contributed by atoms with van der Waals surface area (Å²) in [5, 5.41) is 37.2. The number of aliphatic hydroxyl groups is 3. The maximum atomic E-state index is 13.8. The number of carbonyl (C=O) groups excluding carboxylic acids is 3. The summed E-state index contributed by atoms with van der Waals surface area (Å²) in [7, 11) is 1.13. The van der Waals surface area contributed by atoms with Crippen molar-refractivity contribution >= 4 is 17.9 Å². The molecule has 8 aliphatic rings. The minimum Gasteiger partial charge on any atom is -0.469 e. The monoisotopic (exact) mass is 676 g/mol. The lowest BCUT2D eigenvalue weighted by Crippen LogP contribution is -2.78. The van der Waals surface area contributed by atoms with Gasteiger partial charge in [-0.2, -0.15) is 0 Å². The zero-order valence-electron chi connectivity index (χ0n) is 28.1. The van der Waals surface area contributed by atoms with Crippen LogP contribution in [0.1, 0.15) is 54.4 Å². The molecule has 0 aromatic carbocycles. The number of rotatable bonds is 5. The Balaban J connectivity index is 1.37. The average Bonchev–Trinajstić information content (AvgIpc) is 3.37. The minimum atomic E-state index is -2.66. The van der Waals surface area contributed by atoms with Gasteiger partial charge >= 0.3 is 17.9 Å². The molecule has 0 unspecified atom stereocenters. The van der Waals surface area contributed by atoms with E-state index < -0.39 is 111 Å². The summed E-state index contributed by atoms with van der Waals surface area (Å²) in [6.45, 7) is 9.81. The molecule has 1 spiro atoms. The van der Waals surface area contributed by atoms with Crippen LogP contribution in [0.15, 0.2) is 24.0 Å². The second-order valence-electron chi connectivity index (χ2n) is 15.7. The van der Waals surface area contributed by atoms with Crippen molar-refractivity contribution in [3.8, 4) is 0 Å². The third kappa shape index (κ3) is 3.32. The van der Waals surface area contributed by atoms with Crippen molar-refractivity contribution in [1.29, 1.82) is 0 Å². The van der Waals surface area contributed by atoms with Crippen LogP contribution in [0.5, 0.6) is 0 Å². The van der Waals surface area contributed by atoms with Crippen LogP contribution in [0.2, 0.25) is 0 Å². The zero-order chi connectivity index (χ0) is 34.6. The van der Waals surface area contributed by atoms with Gasteiger partial charge in [0.05, 0.1) is 44.9 Å². The smallest absolute Gasteiger partial charge is 0.366 e. The lowest BCUT2D eigenvalue weighted by molar-refractivity contribution is -0.314. The fourth-order valence-corrected chi connectivity index (χ4v) is 12.0. The topological polar surface area (TPSA) is 189 Å². The number of esters is 3. The highest BCUT2D eigenvalue weighted by Crippen LogP contribution is 2.82. The van der Waals surface area contributed by atoms with Gasteiger partial charge in [0.15, 0.2) is 5.60 Å². The normalized spacial score (nSPS) is 56.7. The third-order valence-electron chi connectivity index (χ3n) is 14.0. The van der Waals surface area contributed by atoms with E-state index in [0.717, 1.165) is 7.11 Å². The third-order valence-corrected chi connectivity index (χ3v) is 14.0. The molecule has 4 saturated heterocycles. The zero-order valence-corrected chi connectivity index (χ0v) is 28.1. The van der Waals surface area contributed by atoms with Crippen LogP contribution in [-0.4, -0.2) is 113 Å². The van der Waals surface area contributed by atoms with Gasteiger partial charge in [-0.1, -0.05) is 19.9 Å². The van der Waals surface area contributed by atoms with E-state index in [9.17, 15) is 29.7 Å². The largest absolute Gasteiger partial charge is 0.469 e. The Morgan fingerprint density at radius 2 is 1.75 bits per heavy atom. The molecule has 14 nitrogen and oxygen atoms in total. The summed E-state index contributed by atoms with van der Waals surface area (Å²) in [4.78, 5) is 39.8. The summed E-state index contributed by atoms with van der Waals surface area (Å²) in [5.41, 5.74) is -7.75. The SMILES string of the molecule is C/C=C(\C)C(=O)O[C@H]1C[C@@H](OC(C)=O)[C@@]2(C)CO[C@@H]3[C@@H](O)[C@@](C)([C@]45O[C@@]4(C)[C@H]4C[C@@H]5O[C@@H]5OC=C[C@@]54O)[C@H]4[C@]1(CO[C@]4(O)C(=O)OC)[C@@H]32. The Labute approximate surface area is 277 Å². The molecule has 14 heteroatoms. The Morgan fingerprint density at radius 3 is 2.42 bits per heavy atom. The molecule has 5 heterocycles. The number of fused-ring (bicyclic) bond motifs is 7. The van der Waals surface area contributed by atoms with Crippen molar-refractivity contribution in [2.45, 2.75) is 114 Å². The van der Waals surface area contributed by atoms with Crippen molar-refractivity contribution in [2.75, 3.05) is 20.3 Å². The summed E-state index contributed by atoms with van der Waals surface area (Å²) in [6, 6.07) is 0. The Morgan fingerprint density at radius 1 is 1.02 bits per heavy atom. The Bertz CT molecular complexity index is 1540. The van der Waals surface area contributed by atoms with E-state index in [0.29, 0.717) is 12.0 Å². The Kier molecular flexibility index (Phi) is 6.52. The average molecular weight is 677 g/mol. The van der Waals surface area contributed by atoms with Gasteiger partial charge in [-0.3, -0.25) is 4.79 Å². The van der Waals surface area contributed by atoms with E-state index in [1.54, 1.807) is 32.9 Å². The number of carbonyl (C=O) groups is 3. The molecular weight excluding hydrogens is 632 g/mol. The van der Waals surface area contributed by atoms with Crippen molar-refractivity contribution in [3.63, 3.8) is 0 Å². The Hall–Kier alpha value is -2.59.